The van der Waals surface area contributed by atoms with Crippen molar-refractivity contribution in [2.75, 3.05) is 17.5 Å². The Bertz CT molecular complexity index is 1140. The van der Waals surface area contributed by atoms with Gasteiger partial charge in [-0.25, -0.2) is 4.98 Å². The van der Waals surface area contributed by atoms with E-state index in [1.807, 2.05) is 17.3 Å². The van der Waals surface area contributed by atoms with Crippen LogP contribution in [0, 0.1) is 23.2 Å². The molecule has 0 spiro atoms. The predicted octanol–water partition coefficient (Wildman–Crippen LogP) is 7.00. The Morgan fingerprint density at radius 1 is 1.10 bits per heavy atom. The lowest BCUT2D eigenvalue weighted by molar-refractivity contribution is -0.142. The molecule has 2 N–H and O–H groups in total. The van der Waals surface area contributed by atoms with Gasteiger partial charge < -0.3 is 15.5 Å². The van der Waals surface area contributed by atoms with Gasteiger partial charge in [-0.05, 0) is 60.0 Å². The smallest absolute Gasteiger partial charge is 0.243 e. The average molecular weight is 681 g/mol. The first-order valence-electron chi connectivity index (χ1n) is 14.5. The van der Waals surface area contributed by atoms with Crippen LogP contribution in [0.3, 0.4) is 0 Å². The van der Waals surface area contributed by atoms with Crippen LogP contribution in [0.5, 0.6) is 0 Å². The molecule has 1 fully saturated rings. The van der Waals surface area contributed by atoms with Gasteiger partial charge in [0.05, 0.1) is 22.1 Å². The molecule has 1 saturated heterocycles. The van der Waals surface area contributed by atoms with Crippen molar-refractivity contribution in [3.63, 3.8) is 0 Å². The molecule has 1 aliphatic heterocycles. The summed E-state index contributed by atoms with van der Waals surface area (Å²) in [7, 11) is 0. The van der Waals surface area contributed by atoms with Gasteiger partial charge in [0.2, 0.25) is 11.8 Å². The molecule has 2 heterocycles. The molecule has 8 heteroatoms. The summed E-state index contributed by atoms with van der Waals surface area (Å²) in [5.74, 6) is -0.0292. The number of alkyl halides is 1. The summed E-state index contributed by atoms with van der Waals surface area (Å²) in [6.45, 7) is 19.4. The Kier molecular flexibility index (Phi) is 11.2. The third kappa shape index (κ3) is 8.99. The van der Waals surface area contributed by atoms with Crippen LogP contribution in [0.15, 0.2) is 29.8 Å². The van der Waals surface area contributed by atoms with Gasteiger partial charge in [0.25, 0.3) is 0 Å². The molecule has 40 heavy (non-hydrogen) atoms. The minimum atomic E-state index is -0.422. The van der Waals surface area contributed by atoms with E-state index in [4.69, 9.17) is 0 Å². The molecule has 3 rings (SSSR count). The molecule has 0 radical (unpaired) electrons. The first kappa shape index (κ1) is 33.0. The Labute approximate surface area is 259 Å². The van der Waals surface area contributed by atoms with E-state index in [1.165, 1.54) is 11.3 Å². The van der Waals surface area contributed by atoms with Crippen LogP contribution in [-0.4, -0.2) is 51.3 Å². The lowest BCUT2D eigenvalue weighted by Gasteiger charge is -2.39. The number of likely N-dealkylation sites (tertiary alicyclic amines) is 1. The van der Waals surface area contributed by atoms with Crippen molar-refractivity contribution in [3.05, 3.63) is 41.0 Å². The molecule has 1 aromatic carbocycles. The van der Waals surface area contributed by atoms with Crippen molar-refractivity contribution >= 4 is 45.7 Å². The summed E-state index contributed by atoms with van der Waals surface area (Å²) in [6.07, 6.45) is 3.81. The number of thiazole rings is 1. The fourth-order valence-corrected chi connectivity index (χ4v) is 8.25. The Morgan fingerprint density at radius 2 is 1.77 bits per heavy atom. The fourth-order valence-electron chi connectivity index (χ4n) is 5.97. The van der Waals surface area contributed by atoms with Gasteiger partial charge in [-0.3, -0.25) is 9.59 Å². The maximum absolute atomic E-state index is 13.9. The number of amides is 2. The quantitative estimate of drug-likeness (QED) is 0.187. The van der Waals surface area contributed by atoms with E-state index in [-0.39, 0.29) is 34.1 Å². The second-order valence-electron chi connectivity index (χ2n) is 14.0. The number of benzene rings is 1. The molecule has 0 saturated carbocycles. The van der Waals surface area contributed by atoms with E-state index in [2.05, 4.69) is 111 Å². The lowest BCUT2D eigenvalue weighted by atomic mass is 9.73. The molecule has 0 aliphatic carbocycles. The average Bonchev–Trinajstić information content (AvgIpc) is 3.50. The van der Waals surface area contributed by atoms with Gasteiger partial charge in [-0.1, -0.05) is 95.3 Å². The first-order valence-corrected chi connectivity index (χ1v) is 16.9. The molecule has 2 atom stereocenters. The van der Waals surface area contributed by atoms with Gasteiger partial charge >= 0.3 is 0 Å². The highest BCUT2D eigenvalue weighted by atomic mass is 127. The normalized spacial score (nSPS) is 17.2. The third-order valence-electron chi connectivity index (χ3n) is 7.89. The Hall–Kier alpha value is -1.52. The minimum absolute atomic E-state index is 0.0387. The molecule has 6 nitrogen and oxygen atoms in total. The largest absolute Gasteiger partial charge is 0.350 e. The van der Waals surface area contributed by atoms with Crippen LogP contribution in [0.25, 0.3) is 10.4 Å². The van der Waals surface area contributed by atoms with Crippen LogP contribution in [0.2, 0.25) is 0 Å². The van der Waals surface area contributed by atoms with Gasteiger partial charge in [0, 0.05) is 24.1 Å². The molecule has 2 aromatic rings. The summed E-state index contributed by atoms with van der Waals surface area (Å²) in [6, 6.07) is 7.49. The number of halogens is 1. The number of nitrogens with zero attached hydrogens (tertiary/aromatic N) is 2. The fraction of sp³-hybridized carbons (Fsp3) is 0.656. The number of aryl methyl sites for hydroxylation is 1. The van der Waals surface area contributed by atoms with E-state index in [0.29, 0.717) is 19.5 Å². The third-order valence-corrected chi connectivity index (χ3v) is 9.41. The summed E-state index contributed by atoms with van der Waals surface area (Å²) in [5.41, 5.74) is 5.11. The maximum Gasteiger partial charge on any atom is 0.243 e. The van der Waals surface area contributed by atoms with Crippen LogP contribution in [0.1, 0.15) is 85.4 Å². The molecular weight excluding hydrogens is 631 g/mol. The SMILES string of the molecule is Cc1ncsc1-c1ccc(CNC(=O)[C@@H]2CCCN2C(=O)C(NCC(C)(C)CC(C)(C)CCI)C(C)(C)C)cc1. The van der Waals surface area contributed by atoms with Gasteiger partial charge in [0.15, 0.2) is 0 Å². The minimum Gasteiger partial charge on any atom is -0.350 e. The zero-order valence-corrected chi connectivity index (χ0v) is 28.7. The van der Waals surface area contributed by atoms with E-state index < -0.39 is 6.04 Å². The van der Waals surface area contributed by atoms with Crippen LogP contribution in [0.4, 0.5) is 0 Å². The predicted molar refractivity (Wildman–Crippen MR) is 176 cm³/mol. The van der Waals surface area contributed by atoms with Gasteiger partial charge in [-0.15, -0.1) is 11.3 Å². The number of nitrogens with one attached hydrogen (secondary N) is 2. The van der Waals surface area contributed by atoms with E-state index in [0.717, 1.165) is 40.6 Å². The lowest BCUT2D eigenvalue weighted by Crippen LogP contribution is -2.57. The van der Waals surface area contributed by atoms with Crippen LogP contribution < -0.4 is 10.6 Å². The number of rotatable bonds is 12. The van der Waals surface area contributed by atoms with E-state index >= 15 is 0 Å². The topological polar surface area (TPSA) is 74.3 Å². The highest BCUT2D eigenvalue weighted by Crippen LogP contribution is 2.37. The second kappa shape index (κ2) is 13.6. The van der Waals surface area contributed by atoms with E-state index in [9.17, 15) is 9.59 Å². The van der Waals surface area contributed by atoms with Crippen molar-refractivity contribution in [2.24, 2.45) is 16.2 Å². The highest BCUT2D eigenvalue weighted by molar-refractivity contribution is 14.1. The summed E-state index contributed by atoms with van der Waals surface area (Å²) < 4.78 is 1.15. The number of aromatic nitrogens is 1. The zero-order valence-electron chi connectivity index (χ0n) is 25.7. The number of carbonyl (C=O) groups is 2. The van der Waals surface area contributed by atoms with Gasteiger partial charge in [-0.2, -0.15) is 0 Å². The molecule has 1 aliphatic rings. The summed E-state index contributed by atoms with van der Waals surface area (Å²) >= 11 is 4.09. The number of hydrogen-bond donors (Lipinski definition) is 2. The summed E-state index contributed by atoms with van der Waals surface area (Å²) in [5, 5.41) is 6.75. The van der Waals surface area contributed by atoms with Crippen LogP contribution in [-0.2, 0) is 16.1 Å². The Balaban J connectivity index is 1.62. The standard InChI is InChI=1S/C32H49IN4O2S/c1-22-26(40-21-36-22)24-13-11-23(12-14-24)18-34-28(38)25-10-9-17-37(25)29(39)27(30(2,3)4)35-20-32(7,8)19-31(5,6)15-16-33/h11-14,21,25,27,35H,9-10,15-20H2,1-8H3,(H,34,38)/t25-,27?/m0/s1. The molecule has 222 valence electrons. The number of hydrogen-bond acceptors (Lipinski definition) is 5. The maximum atomic E-state index is 13.9. The molecule has 0 bridgehead atoms. The van der Waals surface area contributed by atoms with Crippen molar-refractivity contribution < 1.29 is 9.59 Å². The van der Waals surface area contributed by atoms with Crippen molar-refractivity contribution in [1.29, 1.82) is 0 Å². The molecule has 1 unspecified atom stereocenters. The van der Waals surface area contributed by atoms with Gasteiger partial charge in [0.1, 0.15) is 6.04 Å². The van der Waals surface area contributed by atoms with E-state index in [1.54, 1.807) is 11.3 Å². The summed E-state index contributed by atoms with van der Waals surface area (Å²) in [4.78, 5) is 34.6. The monoisotopic (exact) mass is 680 g/mol. The molecule has 2 amide bonds. The second-order valence-corrected chi connectivity index (χ2v) is 15.9. The number of carbonyl (C=O) groups excluding carboxylic acids is 2. The highest BCUT2D eigenvalue weighted by Gasteiger charge is 2.41. The Morgan fingerprint density at radius 3 is 2.35 bits per heavy atom. The molecule has 1 aromatic heterocycles. The van der Waals surface area contributed by atoms with Crippen molar-refractivity contribution in [1.82, 2.24) is 20.5 Å². The van der Waals surface area contributed by atoms with Crippen LogP contribution >= 0.6 is 33.9 Å². The van der Waals surface area contributed by atoms with Crippen molar-refractivity contribution in [3.8, 4) is 10.4 Å². The molecular formula is C32H49IN4O2S. The van der Waals surface area contributed by atoms with Crippen molar-refractivity contribution in [2.45, 2.75) is 99.7 Å². The first-order chi connectivity index (χ1) is 18.6. The zero-order chi connectivity index (χ0) is 29.7.